The van der Waals surface area contributed by atoms with Crippen LogP contribution in [0.5, 0.6) is 5.75 Å². The second-order valence-corrected chi connectivity index (χ2v) is 3.35. The van der Waals surface area contributed by atoms with E-state index in [0.717, 1.165) is 12.1 Å². The van der Waals surface area contributed by atoms with Gasteiger partial charge < -0.3 is 14.7 Å². The van der Waals surface area contributed by atoms with Gasteiger partial charge in [-0.25, -0.2) is 9.18 Å². The third kappa shape index (κ3) is 1.87. The van der Waals surface area contributed by atoms with Crippen molar-refractivity contribution < 1.29 is 23.9 Å². The van der Waals surface area contributed by atoms with Crippen LogP contribution < -0.4 is 0 Å². The summed E-state index contributed by atoms with van der Waals surface area (Å²) in [6, 6.07) is 4.79. The van der Waals surface area contributed by atoms with Crippen molar-refractivity contribution in [1.29, 1.82) is 5.26 Å². The smallest absolute Gasteiger partial charge is 0.358 e. The molecule has 0 aliphatic heterocycles. The van der Waals surface area contributed by atoms with E-state index in [4.69, 9.17) is 14.9 Å². The lowest BCUT2D eigenvalue weighted by Crippen LogP contribution is -1.94. The largest absolute Gasteiger partial charge is 0.504 e. The number of phenolic OH excluding ortho intramolecular Hbond substituents is 1. The zero-order valence-corrected chi connectivity index (χ0v) is 8.72. The van der Waals surface area contributed by atoms with E-state index in [0.29, 0.717) is 0 Å². The molecular formula is C11H5FN2O4. The average Bonchev–Trinajstić information content (AvgIpc) is 2.82. The number of aromatic hydroxyl groups is 1. The van der Waals surface area contributed by atoms with E-state index in [1.165, 1.54) is 6.07 Å². The summed E-state index contributed by atoms with van der Waals surface area (Å²) in [4.78, 5) is 10.6. The standard InChI is InChI=1S/C11H5FN2O4/c12-7-2-5(1-6(4-13)10(7)15)9-3-8(11(16)17)14-18-9/h1-3,15H,(H,16,17). The van der Waals surface area contributed by atoms with Gasteiger partial charge in [0.05, 0.1) is 5.56 Å². The topological polar surface area (TPSA) is 107 Å². The van der Waals surface area contributed by atoms with Crippen molar-refractivity contribution in [1.82, 2.24) is 5.16 Å². The monoisotopic (exact) mass is 248 g/mol. The molecule has 0 saturated carbocycles. The quantitative estimate of drug-likeness (QED) is 0.838. The molecule has 2 rings (SSSR count). The maximum atomic E-state index is 13.3. The van der Waals surface area contributed by atoms with Gasteiger partial charge in [0.15, 0.2) is 23.0 Å². The van der Waals surface area contributed by atoms with Gasteiger partial charge in [-0.1, -0.05) is 5.16 Å². The molecule has 0 aliphatic carbocycles. The first kappa shape index (κ1) is 11.6. The molecule has 0 saturated heterocycles. The molecule has 0 aliphatic rings. The Morgan fingerprint density at radius 3 is 2.72 bits per heavy atom. The van der Waals surface area contributed by atoms with Gasteiger partial charge in [-0.2, -0.15) is 5.26 Å². The van der Waals surface area contributed by atoms with Gasteiger partial charge >= 0.3 is 5.97 Å². The molecule has 2 aromatic rings. The minimum atomic E-state index is -1.29. The summed E-state index contributed by atoms with van der Waals surface area (Å²) in [6.07, 6.45) is 0. The molecule has 0 amide bonds. The molecule has 6 nitrogen and oxygen atoms in total. The number of hydrogen-bond donors (Lipinski definition) is 2. The molecule has 0 atom stereocenters. The third-order valence-corrected chi connectivity index (χ3v) is 2.20. The van der Waals surface area contributed by atoms with Crippen molar-refractivity contribution in [2.24, 2.45) is 0 Å². The number of aromatic nitrogens is 1. The molecule has 0 radical (unpaired) electrons. The van der Waals surface area contributed by atoms with Crippen LogP contribution in [0, 0.1) is 17.1 Å². The number of phenols is 1. The fourth-order valence-corrected chi connectivity index (χ4v) is 1.34. The Morgan fingerprint density at radius 1 is 1.44 bits per heavy atom. The predicted octanol–water partition coefficient (Wildman–Crippen LogP) is 1.76. The number of nitriles is 1. The molecule has 0 bridgehead atoms. The first-order valence-electron chi connectivity index (χ1n) is 4.66. The Hall–Kier alpha value is -2.88. The van der Waals surface area contributed by atoms with Gasteiger partial charge in [0.25, 0.3) is 0 Å². The van der Waals surface area contributed by atoms with E-state index >= 15 is 0 Å². The van der Waals surface area contributed by atoms with Crippen LogP contribution in [0.1, 0.15) is 16.1 Å². The van der Waals surface area contributed by atoms with Gasteiger partial charge in [-0.05, 0) is 12.1 Å². The summed E-state index contributed by atoms with van der Waals surface area (Å²) in [6.45, 7) is 0. The third-order valence-electron chi connectivity index (χ3n) is 2.20. The van der Waals surface area contributed by atoms with Crippen LogP contribution in [0.3, 0.4) is 0 Å². The maximum absolute atomic E-state index is 13.3. The zero-order valence-electron chi connectivity index (χ0n) is 8.72. The van der Waals surface area contributed by atoms with Crippen LogP contribution >= 0.6 is 0 Å². The fraction of sp³-hybridized carbons (Fsp3) is 0. The van der Waals surface area contributed by atoms with Crippen LogP contribution in [0.15, 0.2) is 22.7 Å². The lowest BCUT2D eigenvalue weighted by atomic mass is 10.1. The van der Waals surface area contributed by atoms with Gasteiger partial charge in [-0.15, -0.1) is 0 Å². The summed E-state index contributed by atoms with van der Waals surface area (Å²) in [5.41, 5.74) is -0.503. The van der Waals surface area contributed by atoms with Crippen molar-refractivity contribution in [2.75, 3.05) is 0 Å². The normalized spacial score (nSPS) is 10.0. The molecule has 1 heterocycles. The van der Waals surface area contributed by atoms with Crippen LogP contribution in [0.2, 0.25) is 0 Å². The van der Waals surface area contributed by atoms with Gasteiger partial charge in [0.2, 0.25) is 0 Å². The van der Waals surface area contributed by atoms with Crippen molar-refractivity contribution in [3.8, 4) is 23.1 Å². The lowest BCUT2D eigenvalue weighted by Gasteiger charge is -2.00. The van der Waals surface area contributed by atoms with E-state index in [1.54, 1.807) is 6.07 Å². The number of hydrogen-bond acceptors (Lipinski definition) is 5. The first-order valence-corrected chi connectivity index (χ1v) is 4.66. The number of halogens is 1. The maximum Gasteiger partial charge on any atom is 0.358 e. The molecule has 1 aromatic heterocycles. The van der Waals surface area contributed by atoms with Crippen molar-refractivity contribution in [2.45, 2.75) is 0 Å². The number of nitrogens with zero attached hydrogens (tertiary/aromatic N) is 2. The molecule has 0 fully saturated rings. The van der Waals surface area contributed by atoms with Crippen molar-refractivity contribution >= 4 is 5.97 Å². The fourth-order valence-electron chi connectivity index (χ4n) is 1.34. The Morgan fingerprint density at radius 2 is 2.17 bits per heavy atom. The molecule has 0 spiro atoms. The molecule has 0 unspecified atom stereocenters. The molecule has 90 valence electrons. The first-order chi connectivity index (χ1) is 8.52. The summed E-state index contributed by atoms with van der Waals surface area (Å²) in [7, 11) is 0. The summed E-state index contributed by atoms with van der Waals surface area (Å²) in [5.74, 6) is -3.07. The van der Waals surface area contributed by atoms with E-state index < -0.39 is 17.5 Å². The van der Waals surface area contributed by atoms with Crippen LogP contribution in [0.4, 0.5) is 4.39 Å². The van der Waals surface area contributed by atoms with Crippen LogP contribution in [0.25, 0.3) is 11.3 Å². The second-order valence-electron chi connectivity index (χ2n) is 3.35. The summed E-state index contributed by atoms with van der Waals surface area (Å²) in [5, 5.41) is 29.8. The van der Waals surface area contributed by atoms with Crippen LogP contribution in [-0.4, -0.2) is 21.3 Å². The number of carboxylic acid groups (broad SMARTS) is 1. The highest BCUT2D eigenvalue weighted by Crippen LogP contribution is 2.28. The number of carboxylic acids is 1. The van der Waals surface area contributed by atoms with Gasteiger partial charge in [-0.3, -0.25) is 0 Å². The minimum Gasteiger partial charge on any atom is -0.504 e. The Labute approximate surface area is 99.5 Å². The highest BCUT2D eigenvalue weighted by Gasteiger charge is 2.16. The Bertz CT molecular complexity index is 672. The molecule has 2 N–H and O–H groups in total. The van der Waals surface area contributed by atoms with E-state index in [9.17, 15) is 14.3 Å². The Kier molecular flexibility index (Phi) is 2.69. The van der Waals surface area contributed by atoms with E-state index in [-0.39, 0.29) is 22.6 Å². The van der Waals surface area contributed by atoms with Crippen LogP contribution in [-0.2, 0) is 0 Å². The van der Waals surface area contributed by atoms with E-state index in [2.05, 4.69) is 5.16 Å². The molecule has 1 aromatic carbocycles. The second kappa shape index (κ2) is 4.18. The summed E-state index contributed by atoms with van der Waals surface area (Å²) >= 11 is 0. The highest BCUT2D eigenvalue weighted by molar-refractivity contribution is 5.86. The van der Waals surface area contributed by atoms with Crippen molar-refractivity contribution in [3.05, 3.63) is 35.3 Å². The predicted molar refractivity (Wildman–Crippen MR) is 55.2 cm³/mol. The van der Waals surface area contributed by atoms with E-state index in [1.807, 2.05) is 0 Å². The number of benzene rings is 1. The zero-order chi connectivity index (χ0) is 13.3. The minimum absolute atomic E-state index is 0.0113. The summed E-state index contributed by atoms with van der Waals surface area (Å²) < 4.78 is 18.0. The molecular weight excluding hydrogens is 243 g/mol. The average molecular weight is 248 g/mol. The van der Waals surface area contributed by atoms with Crippen molar-refractivity contribution in [3.63, 3.8) is 0 Å². The molecule has 18 heavy (non-hydrogen) atoms. The number of carbonyl (C=O) groups is 1. The molecule has 7 heteroatoms. The SMILES string of the molecule is N#Cc1cc(-c2cc(C(=O)O)no2)cc(F)c1O. The number of aromatic carboxylic acids is 1. The van der Waals surface area contributed by atoms with Gasteiger partial charge in [0, 0.05) is 11.6 Å². The number of rotatable bonds is 2. The highest BCUT2D eigenvalue weighted by atomic mass is 19.1. The Balaban J connectivity index is 2.54. The van der Waals surface area contributed by atoms with Gasteiger partial charge in [0.1, 0.15) is 6.07 Å². The lowest BCUT2D eigenvalue weighted by molar-refractivity contribution is 0.0686.